The third-order valence-corrected chi connectivity index (χ3v) is 4.78. The van der Waals surface area contributed by atoms with E-state index in [0.29, 0.717) is 18.7 Å². The lowest BCUT2D eigenvalue weighted by atomic mass is 10.1. The van der Waals surface area contributed by atoms with Crippen molar-refractivity contribution < 1.29 is 9.21 Å². The van der Waals surface area contributed by atoms with E-state index in [4.69, 9.17) is 4.42 Å². The van der Waals surface area contributed by atoms with E-state index in [1.807, 2.05) is 36.4 Å². The first kappa shape index (κ1) is 18.8. The zero-order valence-corrected chi connectivity index (χ0v) is 15.3. The maximum Gasteiger partial charge on any atom is 0.329 e. The quantitative estimate of drug-likeness (QED) is 0.620. The van der Waals surface area contributed by atoms with Gasteiger partial charge in [0.15, 0.2) is 0 Å². The van der Waals surface area contributed by atoms with Crippen LogP contribution in [0.2, 0.25) is 0 Å². The van der Waals surface area contributed by atoms with Gasteiger partial charge in [-0.2, -0.15) is 0 Å². The van der Waals surface area contributed by atoms with E-state index in [1.54, 1.807) is 12.3 Å². The number of amides is 1. The van der Waals surface area contributed by atoms with Gasteiger partial charge in [0.2, 0.25) is 5.91 Å². The molecule has 0 atom stereocenters. The summed E-state index contributed by atoms with van der Waals surface area (Å²) in [5, 5.41) is 2.66. The highest BCUT2D eigenvalue weighted by Crippen LogP contribution is 2.13. The van der Waals surface area contributed by atoms with Gasteiger partial charge in [0, 0.05) is 12.6 Å². The lowest BCUT2D eigenvalue weighted by Gasteiger charge is -2.13. The van der Waals surface area contributed by atoms with Crippen LogP contribution < -0.4 is 16.6 Å². The van der Waals surface area contributed by atoms with Crippen LogP contribution in [0.25, 0.3) is 0 Å². The molecule has 0 bridgehead atoms. The minimum atomic E-state index is -0.547. The molecule has 0 radical (unpaired) electrons. The van der Waals surface area contributed by atoms with Crippen molar-refractivity contribution in [3.05, 3.63) is 87.0 Å². The molecule has 0 saturated heterocycles. The third-order valence-electron chi connectivity index (χ3n) is 3.83. The molecule has 0 spiro atoms. The van der Waals surface area contributed by atoms with Crippen LogP contribution in [0.4, 0.5) is 5.82 Å². The van der Waals surface area contributed by atoms with Crippen LogP contribution in [-0.4, -0.2) is 21.2 Å². The molecule has 2 aromatic heterocycles. The third kappa shape index (κ3) is 5.49. The van der Waals surface area contributed by atoms with Gasteiger partial charge in [-0.25, -0.2) is 4.79 Å². The smallest absolute Gasteiger partial charge is 0.329 e. The lowest BCUT2D eigenvalue weighted by Crippen LogP contribution is -2.33. The van der Waals surface area contributed by atoms with E-state index in [0.717, 1.165) is 11.3 Å². The Labute approximate surface area is 159 Å². The van der Waals surface area contributed by atoms with Crippen LogP contribution in [-0.2, 0) is 23.5 Å². The fourth-order valence-corrected chi connectivity index (χ4v) is 3.27. The number of thioether (sulfide) groups is 1. The number of carbonyl (C=O) groups excluding carboxylic acids is 1. The zero-order valence-electron chi connectivity index (χ0n) is 14.5. The minimum absolute atomic E-state index is 0.181. The lowest BCUT2D eigenvalue weighted by molar-refractivity contribution is -0.113. The molecular formula is C19H19N3O4S. The van der Waals surface area contributed by atoms with Gasteiger partial charge in [-0.15, -0.1) is 11.8 Å². The second kappa shape index (κ2) is 9.09. The Morgan fingerprint density at radius 1 is 1.15 bits per heavy atom. The molecule has 0 aliphatic carbocycles. The molecule has 3 rings (SSSR count). The van der Waals surface area contributed by atoms with Gasteiger partial charge >= 0.3 is 5.69 Å². The Balaban J connectivity index is 1.65. The number of nitrogens with zero attached hydrogens (tertiary/aromatic N) is 1. The number of aromatic amines is 1. The van der Waals surface area contributed by atoms with Crippen molar-refractivity contribution in [2.75, 3.05) is 11.1 Å². The van der Waals surface area contributed by atoms with Gasteiger partial charge in [0.05, 0.1) is 17.8 Å². The summed E-state index contributed by atoms with van der Waals surface area (Å²) < 4.78 is 6.58. The molecule has 3 aromatic rings. The van der Waals surface area contributed by atoms with Crippen molar-refractivity contribution in [1.29, 1.82) is 0 Å². The summed E-state index contributed by atoms with van der Waals surface area (Å²) in [6.07, 6.45) is 2.18. The first-order chi connectivity index (χ1) is 13.1. The van der Waals surface area contributed by atoms with Crippen LogP contribution in [0, 0.1) is 0 Å². The molecule has 0 unspecified atom stereocenters. The Kier molecular flexibility index (Phi) is 6.32. The first-order valence-corrected chi connectivity index (χ1v) is 9.55. The molecule has 0 aliphatic rings. The molecule has 27 heavy (non-hydrogen) atoms. The average Bonchev–Trinajstić information content (AvgIpc) is 3.15. The number of H-pyrrole nitrogens is 1. The molecule has 0 fully saturated rings. The summed E-state index contributed by atoms with van der Waals surface area (Å²) in [6, 6.07) is 14.5. The predicted octanol–water partition coefficient (Wildman–Crippen LogP) is 2.24. The van der Waals surface area contributed by atoms with E-state index in [2.05, 4.69) is 10.3 Å². The van der Waals surface area contributed by atoms with Gasteiger partial charge in [0.25, 0.3) is 5.56 Å². The second-order valence-electron chi connectivity index (χ2n) is 5.83. The van der Waals surface area contributed by atoms with E-state index in [9.17, 15) is 14.4 Å². The van der Waals surface area contributed by atoms with Crippen LogP contribution >= 0.6 is 11.8 Å². The zero-order chi connectivity index (χ0) is 19.1. The van der Waals surface area contributed by atoms with E-state index < -0.39 is 11.2 Å². The number of anilines is 1. The summed E-state index contributed by atoms with van der Waals surface area (Å²) in [4.78, 5) is 38.3. The molecule has 7 nitrogen and oxygen atoms in total. The van der Waals surface area contributed by atoms with Crippen LogP contribution in [0.15, 0.2) is 68.8 Å². The highest BCUT2D eigenvalue weighted by Gasteiger charge is 2.10. The molecule has 8 heteroatoms. The number of nitrogens with one attached hydrogen (secondary N) is 2. The van der Waals surface area contributed by atoms with Gasteiger partial charge in [-0.3, -0.25) is 19.1 Å². The maximum atomic E-state index is 12.2. The summed E-state index contributed by atoms with van der Waals surface area (Å²) in [5.41, 5.74) is -0.0339. The van der Waals surface area contributed by atoms with Gasteiger partial charge in [-0.1, -0.05) is 30.3 Å². The Hall–Kier alpha value is -3.00. The van der Waals surface area contributed by atoms with Crippen LogP contribution in [0.3, 0.4) is 0 Å². The van der Waals surface area contributed by atoms with Crippen molar-refractivity contribution in [1.82, 2.24) is 9.55 Å². The highest BCUT2D eigenvalue weighted by molar-refractivity contribution is 7.99. The molecule has 2 N–H and O–H groups in total. The number of aromatic nitrogens is 2. The van der Waals surface area contributed by atoms with Crippen molar-refractivity contribution in [3.8, 4) is 0 Å². The number of furan rings is 1. The molecule has 140 valence electrons. The predicted molar refractivity (Wildman–Crippen MR) is 105 cm³/mol. The molecular weight excluding hydrogens is 366 g/mol. The van der Waals surface area contributed by atoms with Crippen LogP contribution in [0.1, 0.15) is 11.3 Å². The first-order valence-electron chi connectivity index (χ1n) is 8.40. The molecule has 0 saturated carbocycles. The Morgan fingerprint density at radius 2 is 1.96 bits per heavy atom. The number of hydrogen-bond donors (Lipinski definition) is 2. The highest BCUT2D eigenvalue weighted by atomic mass is 32.2. The van der Waals surface area contributed by atoms with Gasteiger partial charge < -0.3 is 9.73 Å². The summed E-state index contributed by atoms with van der Waals surface area (Å²) >= 11 is 1.38. The summed E-state index contributed by atoms with van der Waals surface area (Å²) in [6.45, 7) is 0.342. The van der Waals surface area contributed by atoms with E-state index >= 15 is 0 Å². The molecule has 0 aliphatic heterocycles. The Morgan fingerprint density at radius 3 is 2.70 bits per heavy atom. The van der Waals surface area contributed by atoms with Gasteiger partial charge in [0.1, 0.15) is 11.6 Å². The molecule has 1 aromatic carbocycles. The Bertz CT molecular complexity index is 994. The maximum absolute atomic E-state index is 12.2. The minimum Gasteiger partial charge on any atom is -0.468 e. The standard InChI is InChI=1S/C19H19N3O4S/c23-17-11-16(20-18(24)13-27-12-15-7-4-10-26-15)22(19(25)21-17)9-8-14-5-2-1-3-6-14/h1-7,10-11H,8-9,12-13H2,(H,20,24)(H,21,23,25). The van der Waals surface area contributed by atoms with Crippen LogP contribution in [0.5, 0.6) is 0 Å². The molecule has 1 amide bonds. The number of carbonyl (C=O) groups is 1. The summed E-state index contributed by atoms with van der Waals surface area (Å²) in [5.74, 6) is 1.44. The second-order valence-corrected chi connectivity index (χ2v) is 6.82. The topological polar surface area (TPSA) is 97.1 Å². The summed E-state index contributed by atoms with van der Waals surface area (Å²) in [7, 11) is 0. The molecule has 2 heterocycles. The number of rotatable bonds is 8. The largest absolute Gasteiger partial charge is 0.468 e. The fraction of sp³-hybridized carbons (Fsp3) is 0.211. The monoisotopic (exact) mass is 385 g/mol. The van der Waals surface area contributed by atoms with Crippen molar-refractivity contribution in [2.45, 2.75) is 18.7 Å². The SMILES string of the molecule is O=C(CSCc1ccco1)Nc1cc(=O)[nH]c(=O)n1CCc1ccccc1. The number of aryl methyl sites for hydroxylation is 1. The van der Waals surface area contributed by atoms with E-state index in [-0.39, 0.29) is 17.5 Å². The van der Waals surface area contributed by atoms with Crippen molar-refractivity contribution >= 4 is 23.5 Å². The average molecular weight is 385 g/mol. The number of hydrogen-bond acceptors (Lipinski definition) is 5. The van der Waals surface area contributed by atoms with Gasteiger partial charge in [-0.05, 0) is 24.1 Å². The van der Waals surface area contributed by atoms with Crippen molar-refractivity contribution in [3.63, 3.8) is 0 Å². The normalized spacial score (nSPS) is 10.7. The van der Waals surface area contributed by atoms with Crippen molar-refractivity contribution in [2.24, 2.45) is 0 Å². The van der Waals surface area contributed by atoms with E-state index in [1.165, 1.54) is 22.4 Å². The fourth-order valence-electron chi connectivity index (χ4n) is 2.55. The number of benzene rings is 1.